The fraction of sp³-hybridized carbons (Fsp3) is 0.824. The number of hydrogen-bond donors (Lipinski definition) is 1. The minimum atomic E-state index is -0.587. The van der Waals surface area contributed by atoms with E-state index >= 15 is 0 Å². The highest BCUT2D eigenvalue weighted by Crippen LogP contribution is 2.27. The summed E-state index contributed by atoms with van der Waals surface area (Å²) in [5.41, 5.74) is -0.587. The predicted octanol–water partition coefficient (Wildman–Crippen LogP) is 1.33. The van der Waals surface area contributed by atoms with E-state index in [0.29, 0.717) is 6.54 Å². The molecule has 1 rings (SSSR count). The van der Waals surface area contributed by atoms with Gasteiger partial charge in [-0.2, -0.15) is 0 Å². The molecule has 8 heteroatoms. The van der Waals surface area contributed by atoms with Gasteiger partial charge in [0, 0.05) is 13.7 Å². The lowest BCUT2D eigenvalue weighted by atomic mass is 9.95. The Morgan fingerprint density at radius 3 is 2.40 bits per heavy atom. The van der Waals surface area contributed by atoms with Crippen molar-refractivity contribution in [3.05, 3.63) is 0 Å². The van der Waals surface area contributed by atoms with Crippen LogP contribution < -0.4 is 5.32 Å². The molecule has 0 saturated carbocycles. The number of likely N-dealkylation sites (tertiary alicyclic amines) is 1. The number of carbonyl (C=O) groups excluding carboxylic acids is 3. The van der Waals surface area contributed by atoms with E-state index in [9.17, 15) is 14.4 Å². The van der Waals surface area contributed by atoms with Gasteiger partial charge in [-0.25, -0.2) is 4.79 Å². The van der Waals surface area contributed by atoms with E-state index in [1.54, 1.807) is 11.8 Å². The zero-order chi connectivity index (χ0) is 19.2. The molecule has 25 heavy (non-hydrogen) atoms. The first-order valence-corrected chi connectivity index (χ1v) is 8.47. The first-order valence-electron chi connectivity index (χ1n) is 8.47. The lowest BCUT2D eigenvalue weighted by Crippen LogP contribution is -2.51. The van der Waals surface area contributed by atoms with Gasteiger partial charge in [0.2, 0.25) is 5.91 Å². The minimum absolute atomic E-state index is 0.198. The monoisotopic (exact) mass is 358 g/mol. The number of methoxy groups -OCH3 is 2. The van der Waals surface area contributed by atoms with Crippen molar-refractivity contribution in [2.45, 2.75) is 58.3 Å². The predicted molar refractivity (Wildman–Crippen MR) is 90.9 cm³/mol. The Morgan fingerprint density at radius 1 is 1.24 bits per heavy atom. The van der Waals surface area contributed by atoms with Crippen LogP contribution in [0, 0.1) is 5.92 Å². The molecule has 0 aromatic heterocycles. The summed E-state index contributed by atoms with van der Waals surface area (Å²) in [4.78, 5) is 37.5. The molecule has 3 unspecified atom stereocenters. The number of rotatable bonds is 6. The van der Waals surface area contributed by atoms with Gasteiger partial charge in [0.15, 0.2) is 0 Å². The smallest absolute Gasteiger partial charge is 0.410 e. The molecule has 0 bridgehead atoms. The molecule has 0 spiro atoms. The van der Waals surface area contributed by atoms with Crippen molar-refractivity contribution in [1.29, 1.82) is 0 Å². The van der Waals surface area contributed by atoms with Gasteiger partial charge in [-0.15, -0.1) is 0 Å². The molecule has 8 nitrogen and oxygen atoms in total. The van der Waals surface area contributed by atoms with Gasteiger partial charge in [0.25, 0.3) is 0 Å². The summed E-state index contributed by atoms with van der Waals surface area (Å²) in [6.45, 7) is 7.52. The largest absolute Gasteiger partial charge is 0.468 e. The van der Waals surface area contributed by atoms with Crippen LogP contribution in [0.4, 0.5) is 4.79 Å². The Balaban J connectivity index is 2.77. The maximum Gasteiger partial charge on any atom is 0.410 e. The molecule has 1 aliphatic heterocycles. The molecule has 1 heterocycles. The highest BCUT2D eigenvalue weighted by atomic mass is 16.6. The second-order valence-electron chi connectivity index (χ2n) is 7.17. The van der Waals surface area contributed by atoms with Crippen molar-refractivity contribution >= 4 is 18.0 Å². The van der Waals surface area contributed by atoms with E-state index < -0.39 is 29.7 Å². The summed E-state index contributed by atoms with van der Waals surface area (Å²) in [5, 5.41) is 2.53. The highest BCUT2D eigenvalue weighted by Gasteiger charge is 2.41. The Morgan fingerprint density at radius 2 is 1.88 bits per heavy atom. The van der Waals surface area contributed by atoms with Gasteiger partial charge in [-0.3, -0.25) is 9.59 Å². The molecule has 144 valence electrons. The quantitative estimate of drug-likeness (QED) is 0.720. The van der Waals surface area contributed by atoms with Gasteiger partial charge in [-0.05, 0) is 33.6 Å². The van der Waals surface area contributed by atoms with Crippen molar-refractivity contribution in [2.75, 3.05) is 27.3 Å². The molecule has 1 saturated heterocycles. The number of amides is 2. The fourth-order valence-electron chi connectivity index (χ4n) is 2.92. The maximum absolute atomic E-state index is 12.4. The molecule has 1 fully saturated rings. The van der Waals surface area contributed by atoms with E-state index in [1.807, 2.05) is 20.8 Å². The molecule has 0 aromatic rings. The Bertz CT molecular complexity index is 488. The number of ether oxygens (including phenoxy) is 3. The molecule has 0 radical (unpaired) electrons. The maximum atomic E-state index is 12.4. The Labute approximate surface area is 149 Å². The number of esters is 1. The van der Waals surface area contributed by atoms with Crippen LogP contribution in [0.3, 0.4) is 0 Å². The Hall–Kier alpha value is -1.83. The molecule has 0 aromatic carbocycles. The molecule has 1 N–H and O–H groups in total. The molecular weight excluding hydrogens is 328 g/mol. The van der Waals surface area contributed by atoms with Crippen LogP contribution in [-0.4, -0.2) is 67.9 Å². The molecule has 2 amide bonds. The second-order valence-corrected chi connectivity index (χ2v) is 7.17. The van der Waals surface area contributed by atoms with Gasteiger partial charge in [-0.1, -0.05) is 6.92 Å². The van der Waals surface area contributed by atoms with Crippen molar-refractivity contribution < 1.29 is 28.6 Å². The zero-order valence-electron chi connectivity index (χ0n) is 16.0. The average molecular weight is 358 g/mol. The van der Waals surface area contributed by atoms with Crippen molar-refractivity contribution in [2.24, 2.45) is 5.92 Å². The van der Waals surface area contributed by atoms with Crippen molar-refractivity contribution in [3.63, 3.8) is 0 Å². The van der Waals surface area contributed by atoms with Crippen LogP contribution in [0.25, 0.3) is 0 Å². The van der Waals surface area contributed by atoms with Crippen LogP contribution >= 0.6 is 0 Å². The third kappa shape index (κ3) is 6.19. The summed E-state index contributed by atoms with van der Waals surface area (Å²) < 4.78 is 15.5. The van der Waals surface area contributed by atoms with E-state index in [-0.39, 0.29) is 18.5 Å². The van der Waals surface area contributed by atoms with Crippen molar-refractivity contribution in [1.82, 2.24) is 10.2 Å². The first-order chi connectivity index (χ1) is 11.6. The zero-order valence-corrected chi connectivity index (χ0v) is 16.0. The van der Waals surface area contributed by atoms with Gasteiger partial charge >= 0.3 is 12.1 Å². The number of hydrogen-bond acceptors (Lipinski definition) is 6. The molecule has 3 atom stereocenters. The summed E-state index contributed by atoms with van der Waals surface area (Å²) in [7, 11) is 2.77. The summed E-state index contributed by atoms with van der Waals surface area (Å²) >= 11 is 0. The number of nitrogens with zero attached hydrogens (tertiary/aromatic N) is 1. The summed E-state index contributed by atoms with van der Waals surface area (Å²) in [5.74, 6) is -1.39. The third-order valence-electron chi connectivity index (χ3n) is 4.12. The normalized spacial score (nSPS) is 19.9. The standard InChI is InChI=1S/C17H30N2O6/c1-11(15(21)18-10-13(20)23-5)14(24-6)12-8-7-9-19(12)16(22)25-17(2,3)4/h11-12,14H,7-10H2,1-6H3,(H,18,21). The van der Waals surface area contributed by atoms with Crippen LogP contribution in [0.15, 0.2) is 0 Å². The Kier molecular flexibility index (Phi) is 7.66. The minimum Gasteiger partial charge on any atom is -0.468 e. The van der Waals surface area contributed by atoms with Gasteiger partial charge in [0.05, 0.1) is 25.2 Å². The fourth-order valence-corrected chi connectivity index (χ4v) is 2.92. The first kappa shape index (κ1) is 21.2. The van der Waals surface area contributed by atoms with Gasteiger partial charge < -0.3 is 24.4 Å². The van der Waals surface area contributed by atoms with Crippen LogP contribution in [0.1, 0.15) is 40.5 Å². The van der Waals surface area contributed by atoms with Crippen molar-refractivity contribution in [3.8, 4) is 0 Å². The average Bonchev–Trinajstić information content (AvgIpc) is 3.00. The molecule has 1 aliphatic rings. The number of carbonyl (C=O) groups is 3. The molecule has 0 aliphatic carbocycles. The van der Waals surface area contributed by atoms with Crippen LogP contribution in [0.2, 0.25) is 0 Å². The van der Waals surface area contributed by atoms with E-state index in [0.717, 1.165) is 12.8 Å². The van der Waals surface area contributed by atoms with Gasteiger partial charge in [0.1, 0.15) is 12.1 Å². The SMILES string of the molecule is COC(=O)CNC(=O)C(C)C(OC)C1CCCN1C(=O)OC(C)(C)C. The number of nitrogens with one attached hydrogen (secondary N) is 1. The highest BCUT2D eigenvalue weighted by molar-refractivity contribution is 5.83. The summed E-state index contributed by atoms with van der Waals surface area (Å²) in [6, 6.07) is -0.251. The topological polar surface area (TPSA) is 94.2 Å². The van der Waals surface area contributed by atoms with Crippen LogP contribution in [0.5, 0.6) is 0 Å². The van der Waals surface area contributed by atoms with Crippen LogP contribution in [-0.2, 0) is 23.8 Å². The molecular formula is C17H30N2O6. The van der Waals surface area contributed by atoms with E-state index in [1.165, 1.54) is 14.2 Å². The van der Waals surface area contributed by atoms with E-state index in [2.05, 4.69) is 10.1 Å². The van der Waals surface area contributed by atoms with E-state index in [4.69, 9.17) is 9.47 Å². The summed E-state index contributed by atoms with van der Waals surface area (Å²) in [6.07, 6.45) is 0.652. The lowest BCUT2D eigenvalue weighted by Gasteiger charge is -2.34. The lowest BCUT2D eigenvalue weighted by molar-refractivity contribution is -0.142. The second kappa shape index (κ2) is 9.03. The third-order valence-corrected chi connectivity index (χ3v) is 4.12.